The zero-order chi connectivity index (χ0) is 13.7. The molecule has 104 valence electrons. The molecule has 1 aromatic heterocycles. The minimum Gasteiger partial charge on any atom is -0.462 e. The molecule has 0 bridgehead atoms. The molecule has 1 fully saturated rings. The van der Waals surface area contributed by atoms with E-state index in [1.54, 1.807) is 19.2 Å². The van der Waals surface area contributed by atoms with Crippen LogP contribution in [0.5, 0.6) is 0 Å². The lowest BCUT2D eigenvalue weighted by Gasteiger charge is -2.13. The molecule has 0 aromatic carbocycles. The summed E-state index contributed by atoms with van der Waals surface area (Å²) in [5, 5.41) is 4.19. The second kappa shape index (κ2) is 6.80. The number of anilines is 1. The summed E-state index contributed by atoms with van der Waals surface area (Å²) in [5.74, 6) is 0.518. The molecule has 2 unspecified atom stereocenters. The van der Waals surface area contributed by atoms with Gasteiger partial charge in [0.05, 0.1) is 12.2 Å². The number of pyridine rings is 1. The zero-order valence-corrected chi connectivity index (χ0v) is 12.2. The largest absolute Gasteiger partial charge is 0.462 e. The number of aromatic nitrogens is 1. The maximum Gasteiger partial charge on any atom is 0.339 e. The number of ether oxygens (including phenoxy) is 1. The summed E-state index contributed by atoms with van der Waals surface area (Å²) in [6.07, 6.45) is 7.37. The smallest absolute Gasteiger partial charge is 0.339 e. The molecule has 4 nitrogen and oxygen atoms in total. The van der Waals surface area contributed by atoms with Gasteiger partial charge in [0.15, 0.2) is 0 Å². The molecule has 2 atom stereocenters. The predicted molar refractivity (Wildman–Crippen MR) is 78.8 cm³/mol. The Labute approximate surface area is 118 Å². The summed E-state index contributed by atoms with van der Waals surface area (Å²) in [4.78, 5) is 15.8. The highest BCUT2D eigenvalue weighted by atomic mass is 32.2. The molecule has 1 heterocycles. The number of thioether (sulfide) groups is 1. The van der Waals surface area contributed by atoms with E-state index in [0.717, 1.165) is 11.1 Å². The van der Waals surface area contributed by atoms with Gasteiger partial charge in [-0.25, -0.2) is 9.78 Å². The van der Waals surface area contributed by atoms with Crippen molar-refractivity contribution in [1.29, 1.82) is 0 Å². The van der Waals surface area contributed by atoms with Crippen molar-refractivity contribution in [3.63, 3.8) is 0 Å². The second-order valence-corrected chi connectivity index (χ2v) is 5.80. The maximum absolute atomic E-state index is 11.5. The van der Waals surface area contributed by atoms with E-state index in [0.29, 0.717) is 18.2 Å². The Morgan fingerprint density at radius 3 is 2.95 bits per heavy atom. The van der Waals surface area contributed by atoms with Crippen molar-refractivity contribution in [2.24, 2.45) is 0 Å². The Morgan fingerprint density at radius 2 is 2.37 bits per heavy atom. The molecular weight excluding hydrogens is 260 g/mol. The third kappa shape index (κ3) is 3.86. The molecule has 0 spiro atoms. The van der Waals surface area contributed by atoms with Crippen molar-refractivity contribution < 1.29 is 9.53 Å². The van der Waals surface area contributed by atoms with Gasteiger partial charge in [-0.1, -0.05) is 0 Å². The number of hydrogen-bond donors (Lipinski definition) is 1. The number of esters is 1. The van der Waals surface area contributed by atoms with Crippen LogP contribution in [0.3, 0.4) is 0 Å². The van der Waals surface area contributed by atoms with Crippen molar-refractivity contribution in [3.05, 3.63) is 23.9 Å². The minimum atomic E-state index is -0.315. The van der Waals surface area contributed by atoms with Crippen LogP contribution in [0, 0.1) is 0 Å². The molecule has 1 N–H and O–H groups in total. The number of hydrogen-bond acceptors (Lipinski definition) is 5. The molecule has 1 aromatic rings. The lowest BCUT2D eigenvalue weighted by atomic mass is 10.2. The van der Waals surface area contributed by atoms with Crippen molar-refractivity contribution in [1.82, 2.24) is 4.98 Å². The van der Waals surface area contributed by atoms with E-state index in [9.17, 15) is 4.79 Å². The van der Waals surface area contributed by atoms with Gasteiger partial charge in [0.1, 0.15) is 5.82 Å². The first-order valence-corrected chi connectivity index (χ1v) is 7.94. The molecule has 1 aliphatic carbocycles. The fourth-order valence-corrected chi connectivity index (χ4v) is 3.11. The van der Waals surface area contributed by atoms with Crippen molar-refractivity contribution in [2.75, 3.05) is 18.2 Å². The van der Waals surface area contributed by atoms with Gasteiger partial charge >= 0.3 is 5.97 Å². The molecule has 5 heteroatoms. The molecule has 0 saturated heterocycles. The van der Waals surface area contributed by atoms with Crippen LogP contribution in [-0.2, 0) is 4.74 Å². The van der Waals surface area contributed by atoms with Crippen LogP contribution >= 0.6 is 11.8 Å². The van der Waals surface area contributed by atoms with Crippen LogP contribution in [0.2, 0.25) is 0 Å². The lowest BCUT2D eigenvalue weighted by Crippen LogP contribution is -2.17. The van der Waals surface area contributed by atoms with Crippen molar-refractivity contribution in [3.8, 4) is 0 Å². The highest BCUT2D eigenvalue weighted by Gasteiger charge is 2.23. The first-order valence-electron chi connectivity index (χ1n) is 6.65. The van der Waals surface area contributed by atoms with Gasteiger partial charge in [-0.05, 0) is 44.6 Å². The van der Waals surface area contributed by atoms with Crippen LogP contribution in [-0.4, -0.2) is 35.1 Å². The van der Waals surface area contributed by atoms with Gasteiger partial charge in [-0.2, -0.15) is 11.8 Å². The van der Waals surface area contributed by atoms with E-state index < -0.39 is 0 Å². The molecule has 0 radical (unpaired) electrons. The quantitative estimate of drug-likeness (QED) is 0.840. The number of carbonyl (C=O) groups excluding carboxylic acids is 1. The van der Waals surface area contributed by atoms with Crippen molar-refractivity contribution in [2.45, 2.75) is 37.5 Å². The average Bonchev–Trinajstić information content (AvgIpc) is 2.87. The van der Waals surface area contributed by atoms with E-state index in [1.165, 1.54) is 19.3 Å². The summed E-state index contributed by atoms with van der Waals surface area (Å²) in [6.45, 7) is 2.18. The topological polar surface area (TPSA) is 51.2 Å². The monoisotopic (exact) mass is 280 g/mol. The lowest BCUT2D eigenvalue weighted by molar-refractivity contribution is 0.0526. The van der Waals surface area contributed by atoms with E-state index in [1.807, 2.05) is 17.8 Å². The molecule has 0 aliphatic heterocycles. The molecular formula is C14H20N2O2S. The second-order valence-electron chi connectivity index (χ2n) is 4.66. The summed E-state index contributed by atoms with van der Waals surface area (Å²) < 4.78 is 4.93. The number of rotatable bonds is 5. The van der Waals surface area contributed by atoms with Crippen LogP contribution in [0.25, 0.3) is 0 Å². The maximum atomic E-state index is 11.5. The summed E-state index contributed by atoms with van der Waals surface area (Å²) in [7, 11) is 0. The number of carbonyl (C=O) groups is 1. The Morgan fingerprint density at radius 1 is 1.53 bits per heavy atom. The summed E-state index contributed by atoms with van der Waals surface area (Å²) in [5.41, 5.74) is 0.501. The summed E-state index contributed by atoms with van der Waals surface area (Å²) in [6, 6.07) is 4.10. The predicted octanol–water partition coefficient (Wildman–Crippen LogP) is 2.95. The average molecular weight is 280 g/mol. The normalized spacial score (nSPS) is 22.2. The van der Waals surface area contributed by atoms with Gasteiger partial charge in [0.2, 0.25) is 0 Å². The Hall–Kier alpha value is -1.23. The minimum absolute atomic E-state index is 0.315. The van der Waals surface area contributed by atoms with Crippen LogP contribution in [0.4, 0.5) is 5.82 Å². The summed E-state index contributed by atoms with van der Waals surface area (Å²) >= 11 is 1.94. The highest BCUT2D eigenvalue weighted by molar-refractivity contribution is 7.99. The van der Waals surface area contributed by atoms with E-state index in [-0.39, 0.29) is 5.97 Å². The molecule has 0 amide bonds. The number of nitrogens with one attached hydrogen (secondary N) is 1. The van der Waals surface area contributed by atoms with E-state index in [2.05, 4.69) is 16.6 Å². The van der Waals surface area contributed by atoms with Gasteiger partial charge in [-0.3, -0.25) is 0 Å². The number of nitrogens with zero attached hydrogens (tertiary/aromatic N) is 1. The van der Waals surface area contributed by atoms with Crippen LogP contribution in [0.15, 0.2) is 18.3 Å². The molecule has 1 aliphatic rings. The zero-order valence-electron chi connectivity index (χ0n) is 11.4. The Bertz CT molecular complexity index is 422. The fourth-order valence-electron chi connectivity index (χ4n) is 2.31. The third-order valence-corrected chi connectivity index (χ3v) is 4.44. The van der Waals surface area contributed by atoms with Gasteiger partial charge in [0, 0.05) is 17.5 Å². The van der Waals surface area contributed by atoms with Crippen LogP contribution in [0.1, 0.15) is 36.5 Å². The Balaban J connectivity index is 1.90. The first kappa shape index (κ1) is 14.2. The van der Waals surface area contributed by atoms with Gasteiger partial charge in [-0.15, -0.1) is 0 Å². The highest BCUT2D eigenvalue weighted by Crippen LogP contribution is 2.29. The first-order chi connectivity index (χ1) is 9.22. The fraction of sp³-hybridized carbons (Fsp3) is 0.571. The van der Waals surface area contributed by atoms with E-state index >= 15 is 0 Å². The molecule has 2 rings (SSSR count). The van der Waals surface area contributed by atoms with Crippen LogP contribution < -0.4 is 5.32 Å². The van der Waals surface area contributed by atoms with Crippen molar-refractivity contribution >= 4 is 23.5 Å². The Kier molecular flexibility index (Phi) is 5.07. The van der Waals surface area contributed by atoms with Gasteiger partial charge < -0.3 is 10.1 Å². The molecule has 19 heavy (non-hydrogen) atoms. The molecule has 1 saturated carbocycles. The van der Waals surface area contributed by atoms with E-state index in [4.69, 9.17) is 4.74 Å². The van der Waals surface area contributed by atoms with Gasteiger partial charge in [0.25, 0.3) is 0 Å². The standard InChI is InChI=1S/C14H20N2O2S/c1-3-18-14(17)10-4-7-13(15-9-10)16-11-5-6-12(8-11)19-2/h4,7,9,11-12H,3,5-6,8H2,1-2H3,(H,15,16). The third-order valence-electron chi connectivity index (χ3n) is 3.34. The SMILES string of the molecule is CCOC(=O)c1ccc(NC2CCC(SC)C2)nc1.